The van der Waals surface area contributed by atoms with Crippen LogP contribution in [0.25, 0.3) is 28.5 Å². The van der Waals surface area contributed by atoms with Crippen LogP contribution in [0.3, 0.4) is 0 Å². The van der Waals surface area contributed by atoms with Crippen molar-refractivity contribution in [3.63, 3.8) is 0 Å². The highest BCUT2D eigenvalue weighted by Gasteiger charge is 2.20. The third-order valence-corrected chi connectivity index (χ3v) is 5.55. The van der Waals surface area contributed by atoms with Crippen molar-refractivity contribution in [3.8, 4) is 22.8 Å². The average Bonchev–Trinajstić information content (AvgIpc) is 3.46. The SMILES string of the molecule is CCN(C(=O)Cn1nc2c(-c3nc(-c4cccc(Cl)c4)no3)cccn2c1=O)c1ccccc1. The summed E-state index contributed by atoms with van der Waals surface area (Å²) in [6.07, 6.45) is 1.58. The second-order valence-electron chi connectivity index (χ2n) is 7.46. The van der Waals surface area contributed by atoms with Crippen LogP contribution in [-0.4, -0.2) is 36.8 Å². The fraction of sp³-hybridized carbons (Fsp3) is 0.125. The molecule has 170 valence electrons. The number of rotatable bonds is 6. The molecule has 10 heteroatoms. The van der Waals surface area contributed by atoms with E-state index in [1.165, 1.54) is 4.40 Å². The number of carbonyl (C=O) groups excluding carboxylic acids is 1. The molecule has 0 spiro atoms. The lowest BCUT2D eigenvalue weighted by atomic mass is 10.2. The molecular formula is C24H19ClN6O3. The highest BCUT2D eigenvalue weighted by Crippen LogP contribution is 2.26. The molecule has 5 rings (SSSR count). The minimum absolute atomic E-state index is 0.198. The molecule has 3 heterocycles. The smallest absolute Gasteiger partial charge is 0.333 e. The molecule has 0 unspecified atom stereocenters. The molecule has 3 aromatic heterocycles. The predicted molar refractivity (Wildman–Crippen MR) is 128 cm³/mol. The third kappa shape index (κ3) is 3.97. The van der Waals surface area contributed by atoms with Gasteiger partial charge in [-0.2, -0.15) is 4.98 Å². The molecule has 0 atom stereocenters. The van der Waals surface area contributed by atoms with Crippen LogP contribution in [0.15, 0.2) is 82.2 Å². The van der Waals surface area contributed by atoms with Crippen molar-refractivity contribution >= 4 is 28.8 Å². The van der Waals surface area contributed by atoms with Crippen molar-refractivity contribution in [1.29, 1.82) is 0 Å². The number of hydrogen-bond acceptors (Lipinski definition) is 6. The summed E-state index contributed by atoms with van der Waals surface area (Å²) in [5.41, 5.74) is 1.80. The van der Waals surface area contributed by atoms with Crippen molar-refractivity contribution in [2.45, 2.75) is 13.5 Å². The van der Waals surface area contributed by atoms with Crippen LogP contribution in [0.1, 0.15) is 6.92 Å². The first-order valence-electron chi connectivity index (χ1n) is 10.6. The van der Waals surface area contributed by atoms with Crippen LogP contribution in [-0.2, 0) is 11.3 Å². The van der Waals surface area contributed by atoms with Gasteiger partial charge in [-0.25, -0.2) is 13.9 Å². The Morgan fingerprint density at radius 1 is 1.09 bits per heavy atom. The van der Waals surface area contributed by atoms with E-state index in [4.69, 9.17) is 16.1 Å². The van der Waals surface area contributed by atoms with Gasteiger partial charge in [-0.1, -0.05) is 47.1 Å². The summed E-state index contributed by atoms with van der Waals surface area (Å²) in [7, 11) is 0. The second-order valence-corrected chi connectivity index (χ2v) is 7.90. The van der Waals surface area contributed by atoms with Gasteiger partial charge in [-0.15, -0.1) is 5.10 Å². The van der Waals surface area contributed by atoms with E-state index < -0.39 is 5.69 Å². The Balaban J connectivity index is 1.49. The molecule has 0 radical (unpaired) electrons. The normalized spacial score (nSPS) is 11.1. The topological polar surface area (TPSA) is 98.5 Å². The maximum absolute atomic E-state index is 13.0. The van der Waals surface area contributed by atoms with Crippen molar-refractivity contribution in [2.24, 2.45) is 0 Å². The van der Waals surface area contributed by atoms with E-state index in [2.05, 4.69) is 15.2 Å². The van der Waals surface area contributed by atoms with Gasteiger partial charge >= 0.3 is 5.69 Å². The quantitative estimate of drug-likeness (QED) is 0.370. The van der Waals surface area contributed by atoms with Crippen LogP contribution in [0.2, 0.25) is 5.02 Å². The number of nitrogens with zero attached hydrogens (tertiary/aromatic N) is 6. The predicted octanol–water partition coefficient (Wildman–Crippen LogP) is 3.92. The van der Waals surface area contributed by atoms with Gasteiger partial charge in [0, 0.05) is 29.0 Å². The number of pyridine rings is 1. The van der Waals surface area contributed by atoms with E-state index >= 15 is 0 Å². The summed E-state index contributed by atoms with van der Waals surface area (Å²) in [6, 6.07) is 19.8. The zero-order valence-electron chi connectivity index (χ0n) is 18.1. The van der Waals surface area contributed by atoms with Crippen molar-refractivity contribution in [1.82, 2.24) is 24.3 Å². The summed E-state index contributed by atoms with van der Waals surface area (Å²) in [6.45, 7) is 2.13. The number of anilines is 1. The van der Waals surface area contributed by atoms with Gasteiger partial charge in [0.1, 0.15) is 6.54 Å². The Hall–Kier alpha value is -4.24. The molecule has 34 heavy (non-hydrogen) atoms. The lowest BCUT2D eigenvalue weighted by Gasteiger charge is -2.20. The van der Waals surface area contributed by atoms with Gasteiger partial charge in [0.05, 0.1) is 5.56 Å². The summed E-state index contributed by atoms with van der Waals surface area (Å²) in [5, 5.41) is 8.99. The van der Waals surface area contributed by atoms with Gasteiger partial charge in [0.25, 0.3) is 5.89 Å². The van der Waals surface area contributed by atoms with E-state index in [1.807, 2.05) is 43.3 Å². The van der Waals surface area contributed by atoms with Crippen LogP contribution in [0.5, 0.6) is 0 Å². The number of aromatic nitrogens is 5. The van der Waals surface area contributed by atoms with E-state index in [-0.39, 0.29) is 18.3 Å². The van der Waals surface area contributed by atoms with Gasteiger partial charge in [0.15, 0.2) is 5.65 Å². The molecule has 9 nitrogen and oxygen atoms in total. The van der Waals surface area contributed by atoms with Crippen molar-refractivity contribution < 1.29 is 9.32 Å². The van der Waals surface area contributed by atoms with Crippen LogP contribution in [0.4, 0.5) is 5.69 Å². The summed E-state index contributed by atoms with van der Waals surface area (Å²) in [5.74, 6) is 0.309. The van der Waals surface area contributed by atoms with E-state index in [1.54, 1.807) is 41.4 Å². The molecule has 0 saturated heterocycles. The van der Waals surface area contributed by atoms with Crippen LogP contribution >= 0.6 is 11.6 Å². The number of amides is 1. The van der Waals surface area contributed by atoms with Crippen molar-refractivity contribution in [2.75, 3.05) is 11.4 Å². The zero-order valence-corrected chi connectivity index (χ0v) is 18.9. The molecule has 2 aromatic carbocycles. The fourth-order valence-corrected chi connectivity index (χ4v) is 3.90. The molecule has 0 aliphatic carbocycles. The Morgan fingerprint density at radius 2 is 1.91 bits per heavy atom. The number of halogens is 1. The van der Waals surface area contributed by atoms with Crippen LogP contribution in [0, 0.1) is 0 Å². The Labute approximate surface area is 198 Å². The van der Waals surface area contributed by atoms with Crippen LogP contribution < -0.4 is 10.6 Å². The minimum atomic E-state index is -0.441. The van der Waals surface area contributed by atoms with Gasteiger partial charge in [-0.3, -0.25) is 4.79 Å². The highest BCUT2D eigenvalue weighted by atomic mass is 35.5. The first-order valence-corrected chi connectivity index (χ1v) is 11.0. The number of carbonyl (C=O) groups is 1. The molecule has 0 saturated carbocycles. The zero-order chi connectivity index (χ0) is 23.7. The second kappa shape index (κ2) is 8.95. The highest BCUT2D eigenvalue weighted by molar-refractivity contribution is 6.30. The average molecular weight is 475 g/mol. The molecule has 0 bridgehead atoms. The Bertz CT molecular complexity index is 1540. The van der Waals surface area contributed by atoms with E-state index in [0.29, 0.717) is 34.2 Å². The van der Waals surface area contributed by atoms with Crippen molar-refractivity contribution in [3.05, 3.63) is 88.4 Å². The first-order chi connectivity index (χ1) is 16.5. The van der Waals surface area contributed by atoms with E-state index in [0.717, 1.165) is 10.4 Å². The number of para-hydroxylation sites is 1. The fourth-order valence-electron chi connectivity index (χ4n) is 3.71. The monoisotopic (exact) mass is 474 g/mol. The summed E-state index contributed by atoms with van der Waals surface area (Å²) in [4.78, 5) is 32.0. The lowest BCUT2D eigenvalue weighted by Crippen LogP contribution is -2.36. The molecular weight excluding hydrogens is 456 g/mol. The standard InChI is InChI=1S/C24H19ClN6O3/c1-2-29(18-10-4-3-5-11-18)20(32)15-31-24(33)30-13-7-12-19(22(30)27-31)23-26-21(28-34-23)16-8-6-9-17(25)14-16/h3-14H,2,15H2,1H3. The van der Waals surface area contributed by atoms with Gasteiger partial charge in [0.2, 0.25) is 11.7 Å². The minimum Gasteiger partial charge on any atom is -0.333 e. The molecule has 0 aliphatic heterocycles. The number of fused-ring (bicyclic) bond motifs is 1. The molecule has 0 aliphatic rings. The van der Waals surface area contributed by atoms with Gasteiger partial charge in [-0.05, 0) is 43.3 Å². The Morgan fingerprint density at radius 3 is 2.68 bits per heavy atom. The largest absolute Gasteiger partial charge is 0.350 e. The molecule has 0 N–H and O–H groups in total. The third-order valence-electron chi connectivity index (χ3n) is 5.32. The molecule has 1 amide bonds. The molecule has 0 fully saturated rings. The van der Waals surface area contributed by atoms with Gasteiger partial charge < -0.3 is 9.42 Å². The maximum Gasteiger partial charge on any atom is 0.350 e. The lowest BCUT2D eigenvalue weighted by molar-refractivity contribution is -0.119. The first kappa shape index (κ1) is 21.6. The number of benzene rings is 2. The Kier molecular flexibility index (Phi) is 5.69. The number of likely N-dealkylation sites (N-methyl/N-ethyl adjacent to an activating group) is 1. The maximum atomic E-state index is 13.0. The molecule has 5 aromatic rings. The summed E-state index contributed by atoms with van der Waals surface area (Å²) < 4.78 is 7.94. The summed E-state index contributed by atoms with van der Waals surface area (Å²) >= 11 is 6.06. The van der Waals surface area contributed by atoms with E-state index in [9.17, 15) is 9.59 Å². The number of hydrogen-bond donors (Lipinski definition) is 0.